The maximum Gasteiger partial charge on any atom is 0.433 e. The van der Waals surface area contributed by atoms with Crippen molar-refractivity contribution in [3.8, 4) is 0 Å². The summed E-state index contributed by atoms with van der Waals surface area (Å²) in [5.41, 5.74) is -0.423. The summed E-state index contributed by atoms with van der Waals surface area (Å²) in [7, 11) is 0. The minimum atomic E-state index is -4.69. The summed E-state index contributed by atoms with van der Waals surface area (Å²) in [6.45, 7) is 6.88. The number of halogens is 3. The Hall–Kier alpha value is -5.26. The number of hydrogen-bond donors (Lipinski definition) is 4. The summed E-state index contributed by atoms with van der Waals surface area (Å²) in [4.78, 5) is 75.9. The second-order valence-electron chi connectivity index (χ2n) is 17.2. The fourth-order valence-electron chi connectivity index (χ4n) is 9.17. The Bertz CT molecular complexity index is 2380. The van der Waals surface area contributed by atoms with E-state index < -0.39 is 53.0 Å². The number of nitrogens with one attached hydrogen (secondary N) is 3. The van der Waals surface area contributed by atoms with Crippen LogP contribution in [0.1, 0.15) is 125 Å². The van der Waals surface area contributed by atoms with E-state index in [-0.39, 0.29) is 41.3 Å². The highest BCUT2D eigenvalue weighted by atomic mass is 32.1. The molecule has 0 bridgehead atoms. The predicted octanol–water partition coefficient (Wildman–Crippen LogP) is 7.08. The molecule has 0 spiro atoms. The summed E-state index contributed by atoms with van der Waals surface area (Å²) in [5, 5.41) is 20.3. The van der Waals surface area contributed by atoms with Crippen LogP contribution in [0.15, 0.2) is 48.5 Å². The molecular formula is C44H48F3N7O6S. The minimum absolute atomic E-state index is 0.0709. The first kappa shape index (κ1) is 42.4. The smallest absolute Gasteiger partial charge is 0.386 e. The van der Waals surface area contributed by atoms with Gasteiger partial charge in [-0.05, 0) is 127 Å². The van der Waals surface area contributed by atoms with Crippen molar-refractivity contribution in [3.05, 3.63) is 81.6 Å². The maximum atomic E-state index is 13.4. The minimum Gasteiger partial charge on any atom is -0.386 e. The molecule has 4 aliphatic rings. The van der Waals surface area contributed by atoms with Gasteiger partial charge in [0.2, 0.25) is 11.8 Å². The molecule has 1 atom stereocenters. The number of amides is 5. The lowest BCUT2D eigenvalue weighted by molar-refractivity contribution is -0.141. The van der Waals surface area contributed by atoms with Crippen molar-refractivity contribution in [2.24, 2.45) is 11.8 Å². The van der Waals surface area contributed by atoms with Gasteiger partial charge in [-0.2, -0.15) is 13.2 Å². The van der Waals surface area contributed by atoms with Crippen LogP contribution >= 0.6 is 11.3 Å². The number of aromatic nitrogens is 2. The fourth-order valence-corrected chi connectivity index (χ4v) is 10.3. The number of anilines is 2. The van der Waals surface area contributed by atoms with Crippen molar-refractivity contribution in [1.29, 1.82) is 0 Å². The second-order valence-corrected chi connectivity index (χ2v) is 18.3. The standard InChI is InChI=1S/C44H48F3N7O6S/c1-43(2,60)28-21-32-34(22-31(28)50-38(56)30-7-4-8-35(49-30)44(45,46)47)61-40(51-32)26-11-9-25(10-12-26)23-53-19-16-24(17-20-53)15-18-48-29-6-3-5-27-37(29)42(59)54(41(27)58)33-13-14-36(55)52-39(33)57/h3-8,21-22,24-26,33,48,60H,9-20,23H2,1-2H3,(H,50,56)(H,52,55,57)/t25-,26-,33?. The van der Waals surface area contributed by atoms with E-state index in [2.05, 4.69) is 25.8 Å². The lowest BCUT2D eigenvalue weighted by Crippen LogP contribution is -2.54. The number of fused-ring (bicyclic) bond motifs is 2. The van der Waals surface area contributed by atoms with E-state index in [4.69, 9.17) is 4.98 Å². The zero-order valence-corrected chi connectivity index (χ0v) is 34.8. The monoisotopic (exact) mass is 859 g/mol. The molecule has 0 radical (unpaired) electrons. The third-order valence-electron chi connectivity index (χ3n) is 12.5. The molecule has 4 N–H and O–H groups in total. The summed E-state index contributed by atoms with van der Waals surface area (Å²) in [6.07, 6.45) is 2.70. The average Bonchev–Trinajstić information content (AvgIpc) is 3.75. The Balaban J connectivity index is 0.811. The number of imide groups is 2. The molecule has 8 rings (SSSR count). The summed E-state index contributed by atoms with van der Waals surface area (Å²) < 4.78 is 40.6. The third kappa shape index (κ3) is 9.05. The van der Waals surface area contributed by atoms with Crippen LogP contribution in [-0.2, 0) is 21.4 Å². The van der Waals surface area contributed by atoms with Gasteiger partial charge in [-0.1, -0.05) is 12.1 Å². The topological polar surface area (TPSA) is 174 Å². The number of nitrogens with zero attached hydrogens (tertiary/aromatic N) is 4. The lowest BCUT2D eigenvalue weighted by atomic mass is 9.81. The summed E-state index contributed by atoms with van der Waals surface area (Å²) in [5.74, 6) is -1.50. The van der Waals surface area contributed by atoms with Crippen LogP contribution < -0.4 is 16.0 Å². The Morgan fingerprint density at radius 1 is 0.902 bits per heavy atom. The molecule has 2 aromatic carbocycles. The Kier molecular flexibility index (Phi) is 11.8. The van der Waals surface area contributed by atoms with Crippen LogP contribution in [0.2, 0.25) is 0 Å². The zero-order valence-electron chi connectivity index (χ0n) is 33.9. The van der Waals surface area contributed by atoms with Crippen molar-refractivity contribution in [1.82, 2.24) is 25.1 Å². The van der Waals surface area contributed by atoms with E-state index in [0.717, 1.165) is 91.3 Å². The Labute approximate surface area is 354 Å². The molecular weight excluding hydrogens is 812 g/mol. The number of pyridine rings is 1. The molecule has 1 unspecified atom stereocenters. The first-order chi connectivity index (χ1) is 29.0. The molecule has 13 nitrogen and oxygen atoms in total. The number of alkyl halides is 3. The van der Waals surface area contributed by atoms with Crippen molar-refractivity contribution in [2.75, 3.05) is 36.8 Å². The molecule has 322 valence electrons. The first-order valence-corrected chi connectivity index (χ1v) is 21.7. The second kappa shape index (κ2) is 16.9. The molecule has 1 aliphatic carbocycles. The first-order valence-electron chi connectivity index (χ1n) is 20.9. The molecule has 5 heterocycles. The SMILES string of the molecule is CC(C)(O)c1cc2nc([C@H]3CC[C@H](CN4CCC(CCNc5cccc6c5C(=O)N(C5CCC(=O)NC5=O)C6=O)CC4)CC3)sc2cc1NC(=O)c1cccc(C(F)(F)F)n1. The number of hydrogen-bond acceptors (Lipinski definition) is 11. The highest BCUT2D eigenvalue weighted by Gasteiger charge is 2.45. The Morgan fingerprint density at radius 2 is 1.64 bits per heavy atom. The van der Waals surface area contributed by atoms with Crippen LogP contribution in [0.4, 0.5) is 24.5 Å². The van der Waals surface area contributed by atoms with Gasteiger partial charge in [0, 0.05) is 42.4 Å². The fraction of sp³-hybridized carbons (Fsp3) is 0.477. The normalized spacial score (nSPS) is 21.8. The highest BCUT2D eigenvalue weighted by molar-refractivity contribution is 7.18. The van der Waals surface area contributed by atoms with Gasteiger partial charge in [-0.3, -0.25) is 34.2 Å². The number of carbonyl (C=O) groups excluding carboxylic acids is 5. The number of benzene rings is 2. The average molecular weight is 860 g/mol. The molecule has 2 saturated heterocycles. The number of likely N-dealkylation sites (tertiary alicyclic amines) is 1. The van der Waals surface area contributed by atoms with Crippen LogP contribution in [0.5, 0.6) is 0 Å². The number of carbonyl (C=O) groups is 5. The zero-order chi connectivity index (χ0) is 43.2. The van der Waals surface area contributed by atoms with Crippen LogP contribution in [0.3, 0.4) is 0 Å². The van der Waals surface area contributed by atoms with Crippen molar-refractivity contribution in [3.63, 3.8) is 0 Å². The number of aliphatic hydroxyl groups is 1. The summed E-state index contributed by atoms with van der Waals surface area (Å²) in [6, 6.07) is 10.7. The van der Waals surface area contributed by atoms with E-state index in [1.807, 2.05) is 0 Å². The van der Waals surface area contributed by atoms with Crippen molar-refractivity contribution in [2.45, 2.75) is 95.4 Å². The summed E-state index contributed by atoms with van der Waals surface area (Å²) >= 11 is 1.54. The lowest BCUT2D eigenvalue weighted by Gasteiger charge is -2.36. The molecule has 5 amide bonds. The van der Waals surface area contributed by atoms with Crippen LogP contribution in [-0.4, -0.2) is 86.6 Å². The van der Waals surface area contributed by atoms with Gasteiger partial charge < -0.3 is 20.6 Å². The van der Waals surface area contributed by atoms with Gasteiger partial charge in [0.25, 0.3) is 17.7 Å². The molecule has 1 saturated carbocycles. The van der Waals surface area contributed by atoms with E-state index in [1.165, 1.54) is 17.4 Å². The van der Waals surface area contributed by atoms with E-state index in [9.17, 15) is 42.3 Å². The number of rotatable bonds is 11. The van der Waals surface area contributed by atoms with Crippen molar-refractivity contribution >= 4 is 62.5 Å². The third-order valence-corrected chi connectivity index (χ3v) is 13.7. The van der Waals surface area contributed by atoms with E-state index in [1.54, 1.807) is 44.2 Å². The molecule has 17 heteroatoms. The van der Waals surface area contributed by atoms with E-state index >= 15 is 0 Å². The van der Waals surface area contributed by atoms with Crippen LogP contribution in [0.25, 0.3) is 10.2 Å². The molecule has 3 aliphatic heterocycles. The Morgan fingerprint density at radius 3 is 2.34 bits per heavy atom. The van der Waals surface area contributed by atoms with Gasteiger partial charge in [-0.15, -0.1) is 11.3 Å². The van der Waals surface area contributed by atoms with Gasteiger partial charge in [0.1, 0.15) is 17.4 Å². The van der Waals surface area contributed by atoms with Gasteiger partial charge in [0.05, 0.1) is 32.0 Å². The molecule has 61 heavy (non-hydrogen) atoms. The molecule has 4 aromatic rings. The molecule has 2 aromatic heterocycles. The largest absolute Gasteiger partial charge is 0.433 e. The van der Waals surface area contributed by atoms with Gasteiger partial charge in [0.15, 0.2) is 0 Å². The van der Waals surface area contributed by atoms with Gasteiger partial charge in [-0.25, -0.2) is 9.97 Å². The van der Waals surface area contributed by atoms with Gasteiger partial charge >= 0.3 is 6.18 Å². The van der Waals surface area contributed by atoms with Crippen molar-refractivity contribution < 1.29 is 42.3 Å². The number of thiazole rings is 1. The molecule has 3 fully saturated rings. The number of piperidine rings is 2. The maximum absolute atomic E-state index is 13.4. The van der Waals surface area contributed by atoms with Crippen LogP contribution in [0, 0.1) is 11.8 Å². The highest BCUT2D eigenvalue weighted by Crippen LogP contribution is 2.42. The predicted molar refractivity (Wildman–Crippen MR) is 222 cm³/mol. The quantitative estimate of drug-likeness (QED) is 0.114. The van der Waals surface area contributed by atoms with E-state index in [0.29, 0.717) is 35.1 Å².